The average Bonchev–Trinajstić information content (AvgIpc) is 2.39. The molecule has 0 amide bonds. The Kier molecular flexibility index (Phi) is 5.18. The molecule has 1 nitrogen and oxygen atoms in total. The van der Waals surface area contributed by atoms with Crippen molar-refractivity contribution in [1.82, 2.24) is 4.90 Å². The predicted molar refractivity (Wildman–Crippen MR) is 74.5 cm³/mol. The fourth-order valence-electron chi connectivity index (χ4n) is 2.92. The molecule has 100 valence electrons. The SMILES string of the molecule is CCCC(Cc1ccccc1)N1CCCC(F)C1. The molecule has 0 aromatic heterocycles. The van der Waals surface area contributed by atoms with Crippen LogP contribution in [0, 0.1) is 0 Å². The average molecular weight is 249 g/mol. The summed E-state index contributed by atoms with van der Waals surface area (Å²) in [5.41, 5.74) is 1.37. The number of halogens is 1. The maximum Gasteiger partial charge on any atom is 0.113 e. The lowest BCUT2D eigenvalue weighted by molar-refractivity contribution is 0.0934. The Morgan fingerprint density at radius 3 is 2.78 bits per heavy atom. The van der Waals surface area contributed by atoms with Crippen LogP contribution in [0.2, 0.25) is 0 Å². The molecule has 1 aliphatic heterocycles. The van der Waals surface area contributed by atoms with E-state index < -0.39 is 6.17 Å². The Labute approximate surface area is 110 Å². The van der Waals surface area contributed by atoms with E-state index in [2.05, 4.69) is 42.2 Å². The van der Waals surface area contributed by atoms with Gasteiger partial charge in [0, 0.05) is 12.6 Å². The van der Waals surface area contributed by atoms with E-state index in [1.165, 1.54) is 18.4 Å². The van der Waals surface area contributed by atoms with Gasteiger partial charge in [0.2, 0.25) is 0 Å². The molecule has 0 bridgehead atoms. The molecule has 0 aliphatic carbocycles. The minimum absolute atomic E-state index is 0.510. The highest BCUT2D eigenvalue weighted by molar-refractivity contribution is 5.16. The summed E-state index contributed by atoms with van der Waals surface area (Å²) in [5, 5.41) is 0. The quantitative estimate of drug-likeness (QED) is 0.766. The predicted octanol–water partition coefficient (Wildman–Crippen LogP) is 3.83. The summed E-state index contributed by atoms with van der Waals surface area (Å²) in [6, 6.07) is 11.1. The third-order valence-corrected chi connectivity index (χ3v) is 3.85. The van der Waals surface area contributed by atoms with Gasteiger partial charge >= 0.3 is 0 Å². The van der Waals surface area contributed by atoms with Gasteiger partial charge in [0.15, 0.2) is 0 Å². The van der Waals surface area contributed by atoms with Crippen LogP contribution in [0.25, 0.3) is 0 Å². The molecule has 2 atom stereocenters. The molecule has 1 aromatic carbocycles. The standard InChI is InChI=1S/C16H24FN/c1-2-7-16(12-14-8-4-3-5-9-14)18-11-6-10-15(17)13-18/h3-5,8-9,15-16H,2,6-7,10-13H2,1H3. The van der Waals surface area contributed by atoms with Gasteiger partial charge in [0.05, 0.1) is 0 Å². The highest BCUT2D eigenvalue weighted by Crippen LogP contribution is 2.20. The first-order chi connectivity index (χ1) is 8.79. The number of alkyl halides is 1. The number of piperidine rings is 1. The van der Waals surface area contributed by atoms with Gasteiger partial charge in [-0.25, -0.2) is 4.39 Å². The zero-order valence-electron chi connectivity index (χ0n) is 11.3. The molecule has 2 heteroatoms. The summed E-state index contributed by atoms with van der Waals surface area (Å²) in [6.07, 6.45) is 4.54. The molecule has 1 saturated heterocycles. The van der Waals surface area contributed by atoms with Gasteiger partial charge in [-0.05, 0) is 37.8 Å². The van der Waals surface area contributed by atoms with Crippen molar-refractivity contribution in [2.24, 2.45) is 0 Å². The van der Waals surface area contributed by atoms with Crippen molar-refractivity contribution in [2.75, 3.05) is 13.1 Å². The Balaban J connectivity index is 1.98. The first-order valence-electron chi connectivity index (χ1n) is 7.21. The van der Waals surface area contributed by atoms with Gasteiger partial charge in [-0.15, -0.1) is 0 Å². The van der Waals surface area contributed by atoms with E-state index in [0.29, 0.717) is 12.6 Å². The summed E-state index contributed by atoms with van der Waals surface area (Å²) >= 11 is 0. The van der Waals surface area contributed by atoms with Crippen molar-refractivity contribution < 1.29 is 4.39 Å². The van der Waals surface area contributed by atoms with Gasteiger partial charge in [0.25, 0.3) is 0 Å². The normalized spacial score (nSPS) is 22.9. The van der Waals surface area contributed by atoms with Crippen molar-refractivity contribution in [3.8, 4) is 0 Å². The second-order valence-electron chi connectivity index (χ2n) is 5.37. The molecular weight excluding hydrogens is 225 g/mol. The Bertz CT molecular complexity index is 338. The molecule has 1 aromatic rings. The zero-order valence-corrected chi connectivity index (χ0v) is 11.3. The second-order valence-corrected chi connectivity index (χ2v) is 5.37. The maximum atomic E-state index is 13.5. The molecule has 2 unspecified atom stereocenters. The van der Waals surface area contributed by atoms with E-state index in [9.17, 15) is 4.39 Å². The smallest absolute Gasteiger partial charge is 0.113 e. The minimum Gasteiger partial charge on any atom is -0.297 e. The largest absolute Gasteiger partial charge is 0.297 e. The number of hydrogen-bond acceptors (Lipinski definition) is 1. The summed E-state index contributed by atoms with van der Waals surface area (Å²) in [4.78, 5) is 2.37. The third-order valence-electron chi connectivity index (χ3n) is 3.85. The molecule has 0 N–H and O–H groups in total. The van der Waals surface area contributed by atoms with Crippen LogP contribution in [0.4, 0.5) is 4.39 Å². The lowest BCUT2D eigenvalue weighted by atomic mass is 9.98. The molecule has 0 spiro atoms. The highest BCUT2D eigenvalue weighted by atomic mass is 19.1. The molecule has 18 heavy (non-hydrogen) atoms. The number of benzene rings is 1. The molecule has 0 radical (unpaired) electrons. The number of likely N-dealkylation sites (tertiary alicyclic amines) is 1. The molecule has 1 fully saturated rings. The van der Waals surface area contributed by atoms with Gasteiger partial charge < -0.3 is 0 Å². The van der Waals surface area contributed by atoms with Crippen LogP contribution in [0.5, 0.6) is 0 Å². The minimum atomic E-state index is -0.617. The number of nitrogens with zero attached hydrogens (tertiary/aromatic N) is 1. The second kappa shape index (κ2) is 6.89. The third kappa shape index (κ3) is 3.81. The molecular formula is C16H24FN. The van der Waals surface area contributed by atoms with Crippen molar-refractivity contribution >= 4 is 0 Å². The van der Waals surface area contributed by atoms with Crippen LogP contribution in [-0.2, 0) is 6.42 Å². The summed E-state index contributed by atoms with van der Waals surface area (Å²) in [6.45, 7) is 3.92. The number of hydrogen-bond donors (Lipinski definition) is 0. The summed E-state index contributed by atoms with van der Waals surface area (Å²) < 4.78 is 13.5. The van der Waals surface area contributed by atoms with Crippen LogP contribution >= 0.6 is 0 Å². The Hall–Kier alpha value is -0.890. The number of rotatable bonds is 5. The summed E-state index contributed by atoms with van der Waals surface area (Å²) in [7, 11) is 0. The van der Waals surface area contributed by atoms with Crippen LogP contribution in [0.3, 0.4) is 0 Å². The van der Waals surface area contributed by atoms with E-state index >= 15 is 0 Å². The fourth-order valence-corrected chi connectivity index (χ4v) is 2.92. The van der Waals surface area contributed by atoms with E-state index in [0.717, 1.165) is 25.8 Å². The molecule has 2 rings (SSSR count). The fraction of sp³-hybridized carbons (Fsp3) is 0.625. The van der Waals surface area contributed by atoms with Gasteiger partial charge in [-0.3, -0.25) is 4.90 Å². The molecule has 1 heterocycles. The van der Waals surface area contributed by atoms with E-state index in [1.54, 1.807) is 0 Å². The van der Waals surface area contributed by atoms with Crippen molar-refractivity contribution in [2.45, 2.75) is 51.2 Å². The maximum absolute atomic E-state index is 13.5. The molecule has 1 aliphatic rings. The van der Waals surface area contributed by atoms with Crippen LogP contribution in [0.1, 0.15) is 38.2 Å². The zero-order chi connectivity index (χ0) is 12.8. The first-order valence-corrected chi connectivity index (χ1v) is 7.21. The summed E-state index contributed by atoms with van der Waals surface area (Å²) in [5.74, 6) is 0. The first kappa shape index (κ1) is 13.5. The van der Waals surface area contributed by atoms with Crippen LogP contribution in [-0.4, -0.2) is 30.2 Å². The van der Waals surface area contributed by atoms with E-state index in [-0.39, 0.29) is 0 Å². The Morgan fingerprint density at radius 1 is 1.33 bits per heavy atom. The topological polar surface area (TPSA) is 3.24 Å². The lowest BCUT2D eigenvalue weighted by Crippen LogP contribution is -2.44. The van der Waals surface area contributed by atoms with Gasteiger partial charge in [0.1, 0.15) is 6.17 Å². The Morgan fingerprint density at radius 2 is 2.11 bits per heavy atom. The van der Waals surface area contributed by atoms with Crippen molar-refractivity contribution in [3.63, 3.8) is 0 Å². The van der Waals surface area contributed by atoms with Gasteiger partial charge in [-0.1, -0.05) is 43.7 Å². The monoisotopic (exact) mass is 249 g/mol. The van der Waals surface area contributed by atoms with Crippen molar-refractivity contribution in [3.05, 3.63) is 35.9 Å². The van der Waals surface area contributed by atoms with Crippen LogP contribution in [0.15, 0.2) is 30.3 Å². The highest BCUT2D eigenvalue weighted by Gasteiger charge is 2.25. The lowest BCUT2D eigenvalue weighted by Gasteiger charge is -2.36. The van der Waals surface area contributed by atoms with E-state index in [1.807, 2.05) is 0 Å². The van der Waals surface area contributed by atoms with Gasteiger partial charge in [-0.2, -0.15) is 0 Å². The van der Waals surface area contributed by atoms with Crippen molar-refractivity contribution in [1.29, 1.82) is 0 Å². The molecule has 0 saturated carbocycles. The van der Waals surface area contributed by atoms with E-state index in [4.69, 9.17) is 0 Å². The van der Waals surface area contributed by atoms with Crippen LogP contribution < -0.4 is 0 Å².